The predicted molar refractivity (Wildman–Crippen MR) is 105 cm³/mol. The van der Waals surface area contributed by atoms with Crippen molar-refractivity contribution in [1.82, 2.24) is 9.97 Å². The lowest BCUT2D eigenvalue weighted by molar-refractivity contribution is 0.102. The van der Waals surface area contributed by atoms with E-state index in [2.05, 4.69) is 20.6 Å². The summed E-state index contributed by atoms with van der Waals surface area (Å²) < 4.78 is 0. The normalized spacial score (nSPS) is 10.5. The van der Waals surface area contributed by atoms with E-state index in [1.54, 1.807) is 6.07 Å². The molecule has 5 nitrogen and oxygen atoms in total. The van der Waals surface area contributed by atoms with Gasteiger partial charge in [0.15, 0.2) is 0 Å². The summed E-state index contributed by atoms with van der Waals surface area (Å²) in [6.07, 6.45) is 0. The zero-order valence-electron chi connectivity index (χ0n) is 14.8. The fourth-order valence-electron chi connectivity index (χ4n) is 2.52. The Hall–Kier alpha value is -2.92. The summed E-state index contributed by atoms with van der Waals surface area (Å²) in [5.74, 6) is 0.0664. The van der Waals surface area contributed by atoms with Crippen LogP contribution >= 0.6 is 11.6 Å². The molecule has 3 rings (SSSR count). The van der Waals surface area contributed by atoms with Crippen LogP contribution in [0, 0.1) is 20.8 Å². The molecule has 1 amide bonds. The summed E-state index contributed by atoms with van der Waals surface area (Å²) in [5.41, 5.74) is 4.47. The van der Waals surface area contributed by atoms with Crippen LogP contribution in [-0.4, -0.2) is 15.9 Å². The summed E-state index contributed by atoms with van der Waals surface area (Å²) in [4.78, 5) is 21.3. The van der Waals surface area contributed by atoms with Gasteiger partial charge in [0.2, 0.25) is 5.95 Å². The smallest absolute Gasteiger partial charge is 0.274 e. The quantitative estimate of drug-likeness (QED) is 0.678. The van der Waals surface area contributed by atoms with Crippen molar-refractivity contribution in [2.24, 2.45) is 0 Å². The highest BCUT2D eigenvalue weighted by Crippen LogP contribution is 2.25. The van der Waals surface area contributed by atoms with E-state index in [9.17, 15) is 4.79 Å². The van der Waals surface area contributed by atoms with Crippen LogP contribution in [0.3, 0.4) is 0 Å². The molecule has 0 saturated heterocycles. The molecule has 0 fully saturated rings. The van der Waals surface area contributed by atoms with Crippen molar-refractivity contribution in [1.29, 1.82) is 0 Å². The first-order chi connectivity index (χ1) is 12.4. The Balaban J connectivity index is 1.85. The van der Waals surface area contributed by atoms with Crippen molar-refractivity contribution < 1.29 is 4.79 Å². The van der Waals surface area contributed by atoms with Crippen LogP contribution in [0.1, 0.15) is 27.3 Å². The second-order valence-corrected chi connectivity index (χ2v) is 6.49. The number of amides is 1. The first kappa shape index (κ1) is 17.9. The largest absolute Gasteiger partial charge is 0.324 e. The van der Waals surface area contributed by atoms with E-state index in [-0.39, 0.29) is 5.91 Å². The van der Waals surface area contributed by atoms with Crippen molar-refractivity contribution in [3.8, 4) is 0 Å². The molecule has 2 N–H and O–H groups in total. The van der Waals surface area contributed by atoms with Crippen LogP contribution < -0.4 is 10.6 Å². The minimum Gasteiger partial charge on any atom is -0.324 e. The topological polar surface area (TPSA) is 66.9 Å². The zero-order valence-corrected chi connectivity index (χ0v) is 15.6. The molecule has 0 spiro atoms. The van der Waals surface area contributed by atoms with Gasteiger partial charge in [0.25, 0.3) is 5.91 Å². The highest BCUT2D eigenvalue weighted by atomic mass is 35.5. The van der Waals surface area contributed by atoms with Gasteiger partial charge < -0.3 is 10.6 Å². The minimum atomic E-state index is -0.285. The maximum atomic E-state index is 12.6. The fraction of sp³-hybridized carbons (Fsp3) is 0.150. The van der Waals surface area contributed by atoms with Crippen LogP contribution in [0.5, 0.6) is 0 Å². The van der Waals surface area contributed by atoms with E-state index in [0.29, 0.717) is 22.4 Å². The number of halogens is 1. The molecule has 0 atom stereocenters. The summed E-state index contributed by atoms with van der Waals surface area (Å²) >= 11 is 6.15. The van der Waals surface area contributed by atoms with Crippen molar-refractivity contribution in [2.45, 2.75) is 20.8 Å². The summed E-state index contributed by atoms with van der Waals surface area (Å²) in [6, 6.07) is 14.8. The molecule has 132 valence electrons. The Labute approximate surface area is 157 Å². The monoisotopic (exact) mass is 366 g/mol. The van der Waals surface area contributed by atoms with Gasteiger partial charge in [-0.15, -0.1) is 0 Å². The Bertz CT molecular complexity index is 972. The van der Waals surface area contributed by atoms with Gasteiger partial charge >= 0.3 is 0 Å². The number of aromatic nitrogens is 2. The molecule has 0 saturated carbocycles. The zero-order chi connectivity index (χ0) is 18.7. The molecule has 0 aliphatic carbocycles. The molecule has 26 heavy (non-hydrogen) atoms. The molecule has 0 aliphatic heterocycles. The first-order valence-corrected chi connectivity index (χ1v) is 8.56. The highest BCUT2D eigenvalue weighted by molar-refractivity contribution is 6.31. The van der Waals surface area contributed by atoms with Gasteiger partial charge in [-0.3, -0.25) is 4.79 Å². The second kappa shape index (κ2) is 7.54. The lowest BCUT2D eigenvalue weighted by Gasteiger charge is -2.11. The van der Waals surface area contributed by atoms with Crippen LogP contribution in [0.2, 0.25) is 5.02 Å². The Morgan fingerprint density at radius 2 is 1.77 bits per heavy atom. The standard InChI is InChI=1S/C20H19ClN4O/c1-12-6-4-7-15(10-12)23-19(26)18-11-13(2)22-20(25-18)24-17-9-5-8-16(21)14(17)3/h4-11H,1-3H3,(H,23,26)(H,22,24,25). The number of rotatable bonds is 4. The second-order valence-electron chi connectivity index (χ2n) is 6.08. The Kier molecular flexibility index (Phi) is 5.19. The fourth-order valence-corrected chi connectivity index (χ4v) is 2.70. The lowest BCUT2D eigenvalue weighted by Crippen LogP contribution is -2.15. The summed E-state index contributed by atoms with van der Waals surface area (Å²) in [5, 5.41) is 6.65. The van der Waals surface area contributed by atoms with Crippen LogP contribution in [-0.2, 0) is 0 Å². The summed E-state index contributed by atoms with van der Waals surface area (Å²) in [6.45, 7) is 5.70. The summed E-state index contributed by atoms with van der Waals surface area (Å²) in [7, 11) is 0. The van der Waals surface area contributed by atoms with E-state index >= 15 is 0 Å². The van der Waals surface area contributed by atoms with E-state index in [0.717, 1.165) is 22.5 Å². The molecule has 3 aromatic rings. The van der Waals surface area contributed by atoms with Gasteiger partial charge in [0.05, 0.1) is 0 Å². The number of benzene rings is 2. The van der Waals surface area contributed by atoms with E-state index in [4.69, 9.17) is 11.6 Å². The molecule has 0 unspecified atom stereocenters. The molecule has 0 radical (unpaired) electrons. The van der Waals surface area contributed by atoms with Gasteiger partial charge in [-0.25, -0.2) is 9.97 Å². The molecular formula is C20H19ClN4O. The van der Waals surface area contributed by atoms with E-state index in [1.165, 1.54) is 0 Å². The minimum absolute atomic E-state index is 0.285. The third-order valence-corrected chi connectivity index (χ3v) is 4.29. The number of anilines is 3. The average Bonchev–Trinajstić information content (AvgIpc) is 2.58. The SMILES string of the molecule is Cc1cccc(NC(=O)c2cc(C)nc(Nc3cccc(Cl)c3C)n2)c1. The van der Waals surface area contributed by atoms with Crippen molar-refractivity contribution in [3.63, 3.8) is 0 Å². The Morgan fingerprint density at radius 3 is 2.54 bits per heavy atom. The third-order valence-electron chi connectivity index (χ3n) is 3.88. The van der Waals surface area contributed by atoms with Gasteiger partial charge in [0, 0.05) is 22.1 Å². The molecule has 2 aromatic carbocycles. The number of hydrogen-bond donors (Lipinski definition) is 2. The number of carbonyl (C=O) groups is 1. The van der Waals surface area contributed by atoms with Crippen molar-refractivity contribution >= 4 is 34.8 Å². The van der Waals surface area contributed by atoms with Gasteiger partial charge in [-0.05, 0) is 62.2 Å². The van der Waals surface area contributed by atoms with Crippen LogP contribution in [0.25, 0.3) is 0 Å². The van der Waals surface area contributed by atoms with Gasteiger partial charge in [-0.2, -0.15) is 0 Å². The molecule has 6 heteroatoms. The number of nitrogens with zero attached hydrogens (tertiary/aromatic N) is 2. The van der Waals surface area contributed by atoms with Gasteiger partial charge in [0.1, 0.15) is 5.69 Å². The highest BCUT2D eigenvalue weighted by Gasteiger charge is 2.12. The third kappa shape index (κ3) is 4.18. The van der Waals surface area contributed by atoms with Crippen LogP contribution in [0.4, 0.5) is 17.3 Å². The molecule has 1 heterocycles. The number of nitrogens with one attached hydrogen (secondary N) is 2. The molecule has 1 aromatic heterocycles. The molecule has 0 aliphatic rings. The van der Waals surface area contributed by atoms with Crippen LogP contribution in [0.15, 0.2) is 48.5 Å². The number of aryl methyl sites for hydroxylation is 2. The van der Waals surface area contributed by atoms with Crippen molar-refractivity contribution in [2.75, 3.05) is 10.6 Å². The van der Waals surface area contributed by atoms with Gasteiger partial charge in [-0.1, -0.05) is 29.8 Å². The molecular weight excluding hydrogens is 348 g/mol. The first-order valence-electron chi connectivity index (χ1n) is 8.18. The maximum Gasteiger partial charge on any atom is 0.274 e. The van der Waals surface area contributed by atoms with Crippen molar-refractivity contribution in [3.05, 3.63) is 76.1 Å². The number of carbonyl (C=O) groups excluding carboxylic acids is 1. The maximum absolute atomic E-state index is 12.6. The lowest BCUT2D eigenvalue weighted by atomic mass is 10.2. The Morgan fingerprint density at radius 1 is 1.00 bits per heavy atom. The van der Waals surface area contributed by atoms with E-state index in [1.807, 2.05) is 63.2 Å². The van der Waals surface area contributed by atoms with E-state index < -0.39 is 0 Å². The predicted octanol–water partition coefficient (Wildman–Crippen LogP) is 5.05. The average molecular weight is 367 g/mol. The molecule has 0 bridgehead atoms. The number of hydrogen-bond acceptors (Lipinski definition) is 4.